The van der Waals surface area contributed by atoms with Gasteiger partial charge in [-0.25, -0.2) is 0 Å². The minimum Gasteiger partial charge on any atom is -0.493 e. The average Bonchev–Trinajstić information content (AvgIpc) is 3.47. The zero-order valence-electron chi connectivity index (χ0n) is 17.4. The molecule has 3 aliphatic heterocycles. The summed E-state index contributed by atoms with van der Waals surface area (Å²) in [5.74, 6) is 1.73. The number of aliphatic hydroxyl groups excluding tert-OH is 1. The molecule has 3 aromatic carbocycles. The number of benzene rings is 3. The van der Waals surface area contributed by atoms with E-state index >= 15 is 0 Å². The van der Waals surface area contributed by atoms with Gasteiger partial charge >= 0.3 is 0 Å². The van der Waals surface area contributed by atoms with E-state index < -0.39 is 11.6 Å². The summed E-state index contributed by atoms with van der Waals surface area (Å²) in [6, 6.07) is 20.8. The lowest BCUT2D eigenvalue weighted by Gasteiger charge is -2.32. The first kappa shape index (κ1) is 18.5. The van der Waals surface area contributed by atoms with Gasteiger partial charge in [-0.05, 0) is 34.4 Å². The van der Waals surface area contributed by atoms with Crippen molar-refractivity contribution in [1.29, 1.82) is 0 Å². The second-order valence-electron chi connectivity index (χ2n) is 8.46. The predicted molar refractivity (Wildman–Crippen MR) is 121 cm³/mol. The van der Waals surface area contributed by atoms with Gasteiger partial charge < -0.3 is 19.5 Å². The number of fused-ring (bicyclic) bond motifs is 5. The van der Waals surface area contributed by atoms with E-state index in [4.69, 9.17) is 9.47 Å². The minimum absolute atomic E-state index is 0.422. The van der Waals surface area contributed by atoms with Crippen LogP contribution in [-0.4, -0.2) is 37.8 Å². The van der Waals surface area contributed by atoms with Gasteiger partial charge in [0.25, 0.3) is 0 Å². The van der Waals surface area contributed by atoms with Crippen molar-refractivity contribution in [3.05, 3.63) is 88.5 Å². The van der Waals surface area contributed by atoms with Gasteiger partial charge in [0.1, 0.15) is 29.7 Å². The Kier molecular flexibility index (Phi) is 4.08. The summed E-state index contributed by atoms with van der Waals surface area (Å²) in [5, 5.41) is 11.7. The summed E-state index contributed by atoms with van der Waals surface area (Å²) >= 11 is 0. The van der Waals surface area contributed by atoms with Crippen LogP contribution in [0.5, 0.6) is 11.5 Å². The minimum atomic E-state index is -0.719. The van der Waals surface area contributed by atoms with E-state index in [9.17, 15) is 5.11 Å². The molecule has 156 valence electrons. The van der Waals surface area contributed by atoms with E-state index in [0.29, 0.717) is 19.8 Å². The maximum Gasteiger partial charge on any atom is 0.144 e. The third-order valence-electron chi connectivity index (χ3n) is 6.77. The Morgan fingerprint density at radius 2 is 1.90 bits per heavy atom. The Balaban J connectivity index is 1.43. The van der Waals surface area contributed by atoms with Crippen LogP contribution >= 0.6 is 0 Å². The van der Waals surface area contributed by atoms with Crippen LogP contribution in [0.1, 0.15) is 27.8 Å². The largest absolute Gasteiger partial charge is 0.493 e. The summed E-state index contributed by atoms with van der Waals surface area (Å²) in [6.07, 6.45) is 2.02. The molecule has 0 saturated carbocycles. The lowest BCUT2D eigenvalue weighted by Crippen LogP contribution is -2.46. The second kappa shape index (κ2) is 6.86. The molecule has 0 fully saturated rings. The van der Waals surface area contributed by atoms with Crippen LogP contribution in [-0.2, 0) is 18.4 Å². The highest BCUT2D eigenvalue weighted by Gasteiger charge is 2.56. The highest BCUT2D eigenvalue weighted by atomic mass is 16.5. The summed E-state index contributed by atoms with van der Waals surface area (Å²) in [7, 11) is 1.77. The van der Waals surface area contributed by atoms with Crippen molar-refractivity contribution in [3.63, 3.8) is 0 Å². The molecule has 5 nitrogen and oxygen atoms in total. The zero-order chi connectivity index (χ0) is 21.0. The van der Waals surface area contributed by atoms with Crippen LogP contribution < -0.4 is 14.4 Å². The molecule has 3 heterocycles. The molecule has 0 bridgehead atoms. The smallest absolute Gasteiger partial charge is 0.144 e. The van der Waals surface area contributed by atoms with Gasteiger partial charge in [-0.15, -0.1) is 0 Å². The van der Waals surface area contributed by atoms with Crippen LogP contribution in [0.15, 0.2) is 65.7 Å². The van der Waals surface area contributed by atoms with E-state index in [0.717, 1.165) is 45.9 Å². The SMILES string of the molecule is C/N=C/c1ccc(CN2c3ccccc3C3(COc4cc5c(cc43)CCO5)C2O)cc1. The van der Waals surface area contributed by atoms with Gasteiger partial charge in [-0.1, -0.05) is 42.5 Å². The van der Waals surface area contributed by atoms with Crippen molar-refractivity contribution in [2.24, 2.45) is 4.99 Å². The van der Waals surface area contributed by atoms with Crippen LogP contribution in [0.3, 0.4) is 0 Å². The molecule has 1 spiro atoms. The molecule has 0 saturated heterocycles. The number of anilines is 1. The molecule has 0 aliphatic carbocycles. The lowest BCUT2D eigenvalue weighted by atomic mass is 9.76. The van der Waals surface area contributed by atoms with E-state index in [-0.39, 0.29) is 0 Å². The molecule has 1 N–H and O–H groups in total. The number of ether oxygens (including phenoxy) is 2. The summed E-state index contributed by atoms with van der Waals surface area (Å²) in [6.45, 7) is 1.74. The molecular weight excluding hydrogens is 388 g/mol. The molecule has 0 amide bonds. The fraction of sp³-hybridized carbons (Fsp3) is 0.269. The van der Waals surface area contributed by atoms with E-state index in [1.807, 2.05) is 24.4 Å². The summed E-state index contributed by atoms with van der Waals surface area (Å²) < 4.78 is 11.9. The quantitative estimate of drug-likeness (QED) is 0.667. The Labute approximate surface area is 181 Å². The molecule has 2 atom stereocenters. The van der Waals surface area contributed by atoms with Crippen LogP contribution in [0.25, 0.3) is 0 Å². The van der Waals surface area contributed by atoms with Crippen molar-refractivity contribution in [3.8, 4) is 11.5 Å². The van der Waals surface area contributed by atoms with Gasteiger partial charge in [0.2, 0.25) is 0 Å². The lowest BCUT2D eigenvalue weighted by molar-refractivity contribution is 0.0942. The second-order valence-corrected chi connectivity index (χ2v) is 8.46. The fourth-order valence-electron chi connectivity index (χ4n) is 5.25. The molecule has 31 heavy (non-hydrogen) atoms. The first-order chi connectivity index (χ1) is 15.2. The Hall–Kier alpha value is -3.31. The van der Waals surface area contributed by atoms with Gasteiger partial charge in [-0.3, -0.25) is 4.99 Å². The van der Waals surface area contributed by atoms with Crippen molar-refractivity contribution in [2.75, 3.05) is 25.2 Å². The molecule has 3 aliphatic rings. The summed E-state index contributed by atoms with van der Waals surface area (Å²) in [5.41, 5.74) is 6.05. The van der Waals surface area contributed by atoms with Crippen LogP contribution in [0.4, 0.5) is 5.69 Å². The predicted octanol–water partition coefficient (Wildman–Crippen LogP) is 3.69. The van der Waals surface area contributed by atoms with Crippen molar-refractivity contribution in [1.82, 2.24) is 0 Å². The van der Waals surface area contributed by atoms with Gasteiger partial charge in [0.05, 0.1) is 6.61 Å². The molecule has 5 heteroatoms. The molecule has 2 unspecified atom stereocenters. The van der Waals surface area contributed by atoms with Crippen LogP contribution in [0.2, 0.25) is 0 Å². The monoisotopic (exact) mass is 412 g/mol. The van der Waals surface area contributed by atoms with Gasteiger partial charge in [-0.2, -0.15) is 0 Å². The maximum absolute atomic E-state index is 11.7. The number of para-hydroxylation sites is 1. The van der Waals surface area contributed by atoms with E-state index in [2.05, 4.69) is 52.4 Å². The third kappa shape index (κ3) is 2.63. The Morgan fingerprint density at radius 1 is 1.06 bits per heavy atom. The number of hydrogen-bond donors (Lipinski definition) is 1. The number of aliphatic imine (C=N–C) groups is 1. The topological polar surface area (TPSA) is 54.3 Å². The Morgan fingerprint density at radius 3 is 2.74 bits per heavy atom. The third-order valence-corrected chi connectivity index (χ3v) is 6.77. The maximum atomic E-state index is 11.7. The van der Waals surface area contributed by atoms with Crippen LogP contribution in [0, 0.1) is 0 Å². The number of rotatable bonds is 3. The first-order valence-corrected chi connectivity index (χ1v) is 10.7. The van der Waals surface area contributed by atoms with Gasteiger partial charge in [0, 0.05) is 43.5 Å². The first-order valence-electron chi connectivity index (χ1n) is 10.7. The molecular formula is C26H24N2O3. The molecule has 6 rings (SSSR count). The highest BCUT2D eigenvalue weighted by Crippen LogP contribution is 2.55. The van der Waals surface area contributed by atoms with Crippen molar-refractivity contribution < 1.29 is 14.6 Å². The molecule has 0 radical (unpaired) electrons. The fourth-order valence-corrected chi connectivity index (χ4v) is 5.25. The average molecular weight is 412 g/mol. The number of aliphatic hydroxyl groups is 1. The van der Waals surface area contributed by atoms with Crippen molar-refractivity contribution >= 4 is 11.9 Å². The van der Waals surface area contributed by atoms with Gasteiger partial charge in [0.15, 0.2) is 0 Å². The Bertz CT molecular complexity index is 1190. The highest BCUT2D eigenvalue weighted by molar-refractivity contribution is 5.79. The number of nitrogens with zero attached hydrogens (tertiary/aromatic N) is 2. The number of hydrogen-bond acceptors (Lipinski definition) is 5. The standard InChI is InChI=1S/C26H24N2O3/c1-27-14-17-6-8-18(9-7-17)15-28-22-5-3-2-4-20(22)26(25(28)29)16-31-24-13-23-19(10-11-30-23)12-21(24)26/h2-9,12-14,25,29H,10-11,15-16H2,1H3/b27-14+. The normalized spacial score (nSPS) is 23.0. The molecule has 0 aromatic heterocycles. The van der Waals surface area contributed by atoms with Crippen molar-refractivity contribution in [2.45, 2.75) is 24.6 Å². The summed E-state index contributed by atoms with van der Waals surface area (Å²) in [4.78, 5) is 6.17. The zero-order valence-corrected chi connectivity index (χ0v) is 17.4. The van der Waals surface area contributed by atoms with E-state index in [1.54, 1.807) is 7.05 Å². The van der Waals surface area contributed by atoms with E-state index in [1.165, 1.54) is 5.56 Å². The molecule has 3 aromatic rings.